The zero-order valence-electron chi connectivity index (χ0n) is 11.3. The minimum atomic E-state index is 0.798. The van der Waals surface area contributed by atoms with Gasteiger partial charge in [0.05, 0.1) is 17.4 Å². The van der Waals surface area contributed by atoms with E-state index in [4.69, 9.17) is 0 Å². The van der Waals surface area contributed by atoms with E-state index >= 15 is 0 Å². The lowest BCUT2D eigenvalue weighted by atomic mass is 10.3. The maximum atomic E-state index is 4.60. The van der Waals surface area contributed by atoms with E-state index in [1.165, 1.54) is 0 Å². The second-order valence-electron chi connectivity index (χ2n) is 4.85. The van der Waals surface area contributed by atoms with Crippen LogP contribution in [0.4, 0.5) is 0 Å². The lowest BCUT2D eigenvalue weighted by Gasteiger charge is -2.06. The molecule has 6 nitrogen and oxygen atoms in total. The highest BCUT2D eigenvalue weighted by Gasteiger charge is 2.10. The molecule has 21 heavy (non-hydrogen) atoms. The Morgan fingerprint density at radius 2 is 2.00 bits per heavy atom. The average Bonchev–Trinajstić information content (AvgIpc) is 3.24. The molecule has 0 fully saturated rings. The maximum Gasteiger partial charge on any atom is 0.176 e. The zero-order valence-corrected chi connectivity index (χ0v) is 11.3. The minimum absolute atomic E-state index is 0.798. The van der Waals surface area contributed by atoms with E-state index in [2.05, 4.69) is 24.5 Å². The van der Waals surface area contributed by atoms with Crippen LogP contribution in [0.15, 0.2) is 55.4 Å². The van der Waals surface area contributed by atoms with Gasteiger partial charge in [-0.25, -0.2) is 15.0 Å². The van der Waals surface area contributed by atoms with Crippen LogP contribution >= 0.6 is 0 Å². The van der Waals surface area contributed by atoms with Gasteiger partial charge in [0.2, 0.25) is 0 Å². The molecule has 4 rings (SSSR count). The number of benzene rings is 1. The second kappa shape index (κ2) is 4.90. The molecule has 0 aliphatic rings. The summed E-state index contributed by atoms with van der Waals surface area (Å²) in [4.78, 5) is 16.4. The Balaban J connectivity index is 1.64. The molecule has 0 radical (unpaired) electrons. The number of hydrogen-bond donors (Lipinski definition) is 1. The van der Waals surface area contributed by atoms with E-state index in [0.717, 1.165) is 35.8 Å². The number of hydrogen-bond acceptors (Lipinski definition) is 3. The Labute approximate surface area is 121 Å². The van der Waals surface area contributed by atoms with Gasteiger partial charge < -0.3 is 14.1 Å². The summed E-state index contributed by atoms with van der Waals surface area (Å²) in [6.45, 7) is 1.67. The predicted octanol–water partition coefficient (Wildman–Crippen LogP) is 2.32. The van der Waals surface area contributed by atoms with Gasteiger partial charge in [0.1, 0.15) is 0 Å². The van der Waals surface area contributed by atoms with Crippen LogP contribution in [0.25, 0.3) is 22.7 Å². The van der Waals surface area contributed by atoms with E-state index in [1.807, 2.05) is 47.6 Å². The van der Waals surface area contributed by atoms with E-state index in [-0.39, 0.29) is 0 Å². The minimum Gasteiger partial charge on any atom is -0.336 e. The highest BCUT2D eigenvalue weighted by atomic mass is 15.1. The van der Waals surface area contributed by atoms with Crippen molar-refractivity contribution < 1.29 is 0 Å². The predicted molar refractivity (Wildman–Crippen MR) is 79.5 cm³/mol. The number of aryl methyl sites for hydroxylation is 2. The van der Waals surface area contributed by atoms with Crippen molar-refractivity contribution in [2.75, 3.05) is 0 Å². The van der Waals surface area contributed by atoms with Crippen molar-refractivity contribution in [2.45, 2.75) is 13.1 Å². The van der Waals surface area contributed by atoms with E-state index in [9.17, 15) is 0 Å². The number of nitrogens with one attached hydrogen (secondary N) is 1. The van der Waals surface area contributed by atoms with Crippen molar-refractivity contribution in [3.8, 4) is 11.6 Å². The first-order chi connectivity index (χ1) is 10.4. The Hall–Kier alpha value is -2.89. The summed E-state index contributed by atoms with van der Waals surface area (Å²) in [7, 11) is 0. The number of fused-ring (bicyclic) bond motifs is 1. The third kappa shape index (κ3) is 2.20. The van der Waals surface area contributed by atoms with Gasteiger partial charge in [-0.2, -0.15) is 0 Å². The standard InChI is InChI=1S/C15H14N6/c1-2-4-13-12(3-1)18-14(19-13)15-17-6-8-21(15)10-9-20-7-5-16-11-20/h1-8,11H,9-10H2,(H,18,19). The zero-order chi connectivity index (χ0) is 14.1. The number of nitrogens with zero attached hydrogens (tertiary/aromatic N) is 5. The van der Waals surface area contributed by atoms with Crippen molar-refractivity contribution >= 4 is 11.0 Å². The molecule has 1 N–H and O–H groups in total. The van der Waals surface area contributed by atoms with Gasteiger partial charge >= 0.3 is 0 Å². The first-order valence-electron chi connectivity index (χ1n) is 6.82. The van der Waals surface area contributed by atoms with Crippen LogP contribution in [0.5, 0.6) is 0 Å². The van der Waals surface area contributed by atoms with Crippen molar-refractivity contribution in [1.82, 2.24) is 29.1 Å². The van der Waals surface area contributed by atoms with Crippen LogP contribution in [0.3, 0.4) is 0 Å². The molecule has 6 heteroatoms. The van der Waals surface area contributed by atoms with Gasteiger partial charge in [-0.1, -0.05) is 12.1 Å². The Bertz CT molecular complexity index is 822. The third-order valence-electron chi connectivity index (χ3n) is 3.47. The molecule has 3 heterocycles. The molecule has 0 spiro atoms. The van der Waals surface area contributed by atoms with Crippen LogP contribution in [0.2, 0.25) is 0 Å². The molecule has 104 valence electrons. The quantitative estimate of drug-likeness (QED) is 0.623. The van der Waals surface area contributed by atoms with Crippen LogP contribution < -0.4 is 0 Å². The molecule has 0 aliphatic heterocycles. The van der Waals surface area contributed by atoms with Gasteiger partial charge in [-0.05, 0) is 12.1 Å². The molecule has 4 aromatic rings. The first kappa shape index (κ1) is 11.9. The normalized spacial score (nSPS) is 11.2. The maximum absolute atomic E-state index is 4.60. The Morgan fingerprint density at radius 1 is 1.05 bits per heavy atom. The van der Waals surface area contributed by atoms with Crippen LogP contribution in [-0.4, -0.2) is 29.1 Å². The van der Waals surface area contributed by atoms with Gasteiger partial charge in [0.25, 0.3) is 0 Å². The van der Waals surface area contributed by atoms with Crippen LogP contribution in [0, 0.1) is 0 Å². The summed E-state index contributed by atoms with van der Waals surface area (Å²) in [6.07, 6.45) is 9.33. The van der Waals surface area contributed by atoms with Crippen LogP contribution in [-0.2, 0) is 13.1 Å². The van der Waals surface area contributed by atoms with Gasteiger partial charge in [0.15, 0.2) is 11.6 Å². The number of rotatable bonds is 4. The number of H-pyrrole nitrogens is 1. The Morgan fingerprint density at radius 3 is 2.86 bits per heavy atom. The summed E-state index contributed by atoms with van der Waals surface area (Å²) < 4.78 is 4.14. The molecule has 0 atom stereocenters. The number of aromatic nitrogens is 6. The largest absolute Gasteiger partial charge is 0.336 e. The highest BCUT2D eigenvalue weighted by Crippen LogP contribution is 2.18. The molecular formula is C15H14N6. The fourth-order valence-corrected chi connectivity index (χ4v) is 2.41. The van der Waals surface area contributed by atoms with Crippen molar-refractivity contribution in [3.05, 3.63) is 55.4 Å². The van der Waals surface area contributed by atoms with E-state index < -0.39 is 0 Å². The molecule has 1 aromatic carbocycles. The SMILES string of the molecule is c1ccc2[nH]c(-c3nccn3CCn3ccnc3)nc2c1. The molecule has 0 unspecified atom stereocenters. The lowest BCUT2D eigenvalue weighted by molar-refractivity contribution is 0.581. The summed E-state index contributed by atoms with van der Waals surface area (Å²) in [5.41, 5.74) is 1.98. The fourth-order valence-electron chi connectivity index (χ4n) is 2.41. The number of imidazole rings is 3. The van der Waals surface area contributed by atoms with Gasteiger partial charge in [0, 0.05) is 37.9 Å². The summed E-state index contributed by atoms with van der Waals surface area (Å²) >= 11 is 0. The topological polar surface area (TPSA) is 64.3 Å². The molecule has 3 aromatic heterocycles. The highest BCUT2D eigenvalue weighted by molar-refractivity contribution is 5.78. The molecular weight excluding hydrogens is 264 g/mol. The second-order valence-corrected chi connectivity index (χ2v) is 4.85. The van der Waals surface area contributed by atoms with E-state index in [1.54, 1.807) is 12.4 Å². The van der Waals surface area contributed by atoms with Crippen molar-refractivity contribution in [1.29, 1.82) is 0 Å². The van der Waals surface area contributed by atoms with Crippen molar-refractivity contribution in [3.63, 3.8) is 0 Å². The van der Waals surface area contributed by atoms with Crippen molar-refractivity contribution in [2.24, 2.45) is 0 Å². The average molecular weight is 278 g/mol. The third-order valence-corrected chi connectivity index (χ3v) is 3.47. The summed E-state index contributed by atoms with van der Waals surface area (Å²) in [5, 5.41) is 0. The molecule has 0 aliphatic carbocycles. The number of aromatic amines is 1. The molecule has 0 saturated carbocycles. The first-order valence-corrected chi connectivity index (χ1v) is 6.82. The summed E-state index contributed by atoms with van der Waals surface area (Å²) in [5.74, 6) is 1.65. The molecule has 0 bridgehead atoms. The lowest BCUT2D eigenvalue weighted by Crippen LogP contribution is -2.07. The van der Waals surface area contributed by atoms with E-state index in [0.29, 0.717) is 0 Å². The summed E-state index contributed by atoms with van der Waals surface area (Å²) in [6, 6.07) is 7.99. The fraction of sp³-hybridized carbons (Fsp3) is 0.133. The monoisotopic (exact) mass is 278 g/mol. The Kier molecular flexibility index (Phi) is 2.77. The smallest absolute Gasteiger partial charge is 0.176 e. The van der Waals surface area contributed by atoms with Gasteiger partial charge in [-0.15, -0.1) is 0 Å². The van der Waals surface area contributed by atoms with Gasteiger partial charge in [-0.3, -0.25) is 0 Å². The molecule has 0 saturated heterocycles. The van der Waals surface area contributed by atoms with Crippen LogP contribution in [0.1, 0.15) is 0 Å². The number of para-hydroxylation sites is 2. The molecule has 0 amide bonds.